The summed E-state index contributed by atoms with van der Waals surface area (Å²) in [5, 5.41) is 15.0. The quantitative estimate of drug-likeness (QED) is 0.709. The first kappa shape index (κ1) is 16.4. The number of rotatable bonds is 6. The fraction of sp³-hybridized carbons (Fsp3) is 0.353. The molecule has 0 radical (unpaired) electrons. The molecule has 26 heavy (non-hydrogen) atoms. The molecule has 0 saturated carbocycles. The van der Waals surface area contributed by atoms with E-state index >= 15 is 0 Å². The first-order chi connectivity index (χ1) is 12.8. The molecule has 0 unspecified atom stereocenters. The predicted molar refractivity (Wildman–Crippen MR) is 91.5 cm³/mol. The molecule has 3 aromatic rings. The van der Waals surface area contributed by atoms with Gasteiger partial charge in [-0.05, 0) is 24.5 Å². The van der Waals surface area contributed by atoms with Crippen molar-refractivity contribution in [3.63, 3.8) is 0 Å². The first-order valence-electron chi connectivity index (χ1n) is 8.52. The summed E-state index contributed by atoms with van der Waals surface area (Å²) < 4.78 is 8.90. The van der Waals surface area contributed by atoms with Crippen LogP contribution in [0.1, 0.15) is 28.9 Å². The standard InChI is InChI=1S/C17H19N7O2/c25-17(15-10-23(22-21-15)9-14-5-3-7-26-14)19-8-13-4-1-2-6-16(13)24-12-18-11-20-24/h1-2,4,6,10-12,14H,3,5,7-9H2,(H,19,25)/t14-/m1/s1. The van der Waals surface area contributed by atoms with Gasteiger partial charge in [-0.1, -0.05) is 23.4 Å². The van der Waals surface area contributed by atoms with Gasteiger partial charge < -0.3 is 10.1 Å². The van der Waals surface area contributed by atoms with Crippen molar-refractivity contribution in [2.45, 2.75) is 32.0 Å². The van der Waals surface area contributed by atoms with Gasteiger partial charge in [-0.3, -0.25) is 4.79 Å². The van der Waals surface area contributed by atoms with Crippen LogP contribution in [0.5, 0.6) is 0 Å². The normalized spacial score (nSPS) is 16.7. The Hall–Kier alpha value is -3.07. The van der Waals surface area contributed by atoms with Crippen molar-refractivity contribution < 1.29 is 9.53 Å². The minimum Gasteiger partial charge on any atom is -0.376 e. The van der Waals surface area contributed by atoms with E-state index in [-0.39, 0.29) is 12.0 Å². The molecular weight excluding hydrogens is 334 g/mol. The molecule has 1 amide bonds. The molecule has 0 aliphatic carbocycles. The molecule has 1 aliphatic rings. The van der Waals surface area contributed by atoms with Crippen LogP contribution < -0.4 is 5.32 Å². The Morgan fingerprint density at radius 2 is 2.27 bits per heavy atom. The molecule has 2 aromatic heterocycles. The summed E-state index contributed by atoms with van der Waals surface area (Å²) >= 11 is 0. The van der Waals surface area contributed by atoms with E-state index in [9.17, 15) is 4.79 Å². The second-order valence-corrected chi connectivity index (χ2v) is 6.11. The molecule has 1 aromatic carbocycles. The average Bonchev–Trinajstić information content (AvgIpc) is 3.42. The number of para-hydroxylation sites is 1. The van der Waals surface area contributed by atoms with E-state index in [0.717, 1.165) is 30.7 Å². The van der Waals surface area contributed by atoms with Gasteiger partial charge in [0.15, 0.2) is 5.69 Å². The van der Waals surface area contributed by atoms with Crippen LogP contribution in [0.2, 0.25) is 0 Å². The highest BCUT2D eigenvalue weighted by Gasteiger charge is 2.18. The number of hydrogen-bond donors (Lipinski definition) is 1. The first-order valence-corrected chi connectivity index (χ1v) is 8.52. The molecule has 1 saturated heterocycles. The number of nitrogens with one attached hydrogen (secondary N) is 1. The van der Waals surface area contributed by atoms with Crippen LogP contribution in [-0.2, 0) is 17.8 Å². The number of amides is 1. The number of ether oxygens (including phenoxy) is 1. The second kappa shape index (κ2) is 7.44. The predicted octanol–water partition coefficient (Wildman–Crippen LogP) is 0.968. The summed E-state index contributed by atoms with van der Waals surface area (Å²) in [6.07, 6.45) is 6.99. The van der Waals surface area contributed by atoms with Crippen molar-refractivity contribution in [2.75, 3.05) is 6.61 Å². The van der Waals surface area contributed by atoms with Crippen molar-refractivity contribution in [3.05, 3.63) is 54.4 Å². The largest absolute Gasteiger partial charge is 0.376 e. The Bertz CT molecular complexity index is 869. The van der Waals surface area contributed by atoms with Crippen LogP contribution in [0, 0.1) is 0 Å². The minimum atomic E-state index is -0.267. The van der Waals surface area contributed by atoms with Crippen LogP contribution in [0.4, 0.5) is 0 Å². The Morgan fingerprint density at radius 1 is 1.35 bits per heavy atom. The van der Waals surface area contributed by atoms with E-state index in [1.54, 1.807) is 21.9 Å². The fourth-order valence-electron chi connectivity index (χ4n) is 2.97. The maximum Gasteiger partial charge on any atom is 0.273 e. The van der Waals surface area contributed by atoms with Crippen molar-refractivity contribution in [1.82, 2.24) is 35.1 Å². The molecule has 0 spiro atoms. The molecule has 134 valence electrons. The lowest BCUT2D eigenvalue weighted by Crippen LogP contribution is -2.24. The molecule has 0 bridgehead atoms. The minimum absolute atomic E-state index is 0.155. The lowest BCUT2D eigenvalue weighted by Gasteiger charge is -2.09. The van der Waals surface area contributed by atoms with Crippen LogP contribution in [0.25, 0.3) is 5.69 Å². The third-order valence-corrected chi connectivity index (χ3v) is 4.28. The van der Waals surface area contributed by atoms with E-state index in [1.807, 2.05) is 24.3 Å². The van der Waals surface area contributed by atoms with E-state index in [1.165, 1.54) is 6.33 Å². The maximum absolute atomic E-state index is 12.4. The van der Waals surface area contributed by atoms with Crippen LogP contribution in [-0.4, -0.2) is 48.4 Å². The third-order valence-electron chi connectivity index (χ3n) is 4.28. The summed E-state index contributed by atoms with van der Waals surface area (Å²) in [4.78, 5) is 16.3. The molecule has 3 heterocycles. The number of carbonyl (C=O) groups is 1. The highest BCUT2D eigenvalue weighted by molar-refractivity contribution is 5.91. The molecule has 4 rings (SSSR count). The zero-order chi connectivity index (χ0) is 17.8. The Balaban J connectivity index is 1.39. The molecule has 1 fully saturated rings. The van der Waals surface area contributed by atoms with E-state index < -0.39 is 0 Å². The summed E-state index contributed by atoms with van der Waals surface area (Å²) in [5.74, 6) is -0.267. The van der Waals surface area contributed by atoms with Gasteiger partial charge in [0, 0.05) is 13.2 Å². The van der Waals surface area contributed by atoms with Gasteiger partial charge >= 0.3 is 0 Å². The van der Waals surface area contributed by atoms with Gasteiger partial charge in [0.1, 0.15) is 12.7 Å². The van der Waals surface area contributed by atoms with Gasteiger partial charge in [0.25, 0.3) is 5.91 Å². The Kier molecular flexibility index (Phi) is 4.69. The van der Waals surface area contributed by atoms with Crippen LogP contribution in [0.15, 0.2) is 43.1 Å². The number of carbonyl (C=O) groups excluding carboxylic acids is 1. The van der Waals surface area contributed by atoms with Crippen LogP contribution >= 0.6 is 0 Å². The SMILES string of the molecule is O=C(NCc1ccccc1-n1cncn1)c1cn(C[C@H]2CCCO2)nn1. The lowest BCUT2D eigenvalue weighted by molar-refractivity contribution is 0.0929. The summed E-state index contributed by atoms with van der Waals surface area (Å²) in [6.45, 7) is 1.76. The molecular formula is C17H19N7O2. The van der Waals surface area contributed by atoms with Gasteiger partial charge in [0.2, 0.25) is 0 Å². The van der Waals surface area contributed by atoms with Gasteiger partial charge in [-0.2, -0.15) is 5.10 Å². The average molecular weight is 353 g/mol. The molecule has 9 nitrogen and oxygen atoms in total. The monoisotopic (exact) mass is 353 g/mol. The zero-order valence-electron chi connectivity index (χ0n) is 14.2. The van der Waals surface area contributed by atoms with Crippen molar-refractivity contribution in [3.8, 4) is 5.69 Å². The van der Waals surface area contributed by atoms with E-state index in [4.69, 9.17) is 4.74 Å². The molecule has 1 N–H and O–H groups in total. The van der Waals surface area contributed by atoms with Gasteiger partial charge in [0.05, 0.1) is 24.5 Å². The smallest absolute Gasteiger partial charge is 0.273 e. The highest BCUT2D eigenvalue weighted by atomic mass is 16.5. The Labute approximate surface area is 150 Å². The Morgan fingerprint density at radius 3 is 3.08 bits per heavy atom. The molecule has 1 aliphatic heterocycles. The second-order valence-electron chi connectivity index (χ2n) is 6.11. The number of aromatic nitrogens is 6. The third kappa shape index (κ3) is 3.62. The van der Waals surface area contributed by atoms with E-state index in [0.29, 0.717) is 18.8 Å². The number of hydrogen-bond acceptors (Lipinski definition) is 6. The highest BCUT2D eigenvalue weighted by Crippen LogP contribution is 2.14. The van der Waals surface area contributed by atoms with Gasteiger partial charge in [-0.25, -0.2) is 14.3 Å². The topological polar surface area (TPSA) is 99.8 Å². The van der Waals surface area contributed by atoms with Gasteiger partial charge in [-0.15, -0.1) is 5.10 Å². The number of benzene rings is 1. The molecule has 9 heteroatoms. The fourth-order valence-corrected chi connectivity index (χ4v) is 2.97. The van der Waals surface area contributed by atoms with Crippen LogP contribution in [0.3, 0.4) is 0 Å². The van der Waals surface area contributed by atoms with Crippen molar-refractivity contribution in [1.29, 1.82) is 0 Å². The summed E-state index contributed by atoms with van der Waals surface area (Å²) in [5.41, 5.74) is 2.09. The molecule has 1 atom stereocenters. The summed E-state index contributed by atoms with van der Waals surface area (Å²) in [6, 6.07) is 7.69. The number of nitrogens with zero attached hydrogens (tertiary/aromatic N) is 6. The van der Waals surface area contributed by atoms with Crippen molar-refractivity contribution in [2.24, 2.45) is 0 Å². The van der Waals surface area contributed by atoms with E-state index in [2.05, 4.69) is 25.7 Å². The zero-order valence-corrected chi connectivity index (χ0v) is 14.2. The summed E-state index contributed by atoms with van der Waals surface area (Å²) in [7, 11) is 0. The maximum atomic E-state index is 12.4. The lowest BCUT2D eigenvalue weighted by atomic mass is 10.2. The van der Waals surface area contributed by atoms with Crippen molar-refractivity contribution >= 4 is 5.91 Å².